The average molecular weight is 1570 g/mol. The van der Waals surface area contributed by atoms with Crippen LogP contribution in [0.2, 0.25) is 0 Å². The zero-order valence-electron chi connectivity index (χ0n) is 63.6. The van der Waals surface area contributed by atoms with Gasteiger partial charge in [-0.3, -0.25) is 4.90 Å². The average Bonchev–Trinajstić information content (AvgIpc) is 1.58. The van der Waals surface area contributed by atoms with Crippen LogP contribution < -0.4 is 10.8 Å². The maximum atomic E-state index is 12.8. The molecule has 0 bridgehead atoms. The molecule has 566 valence electrons. The number of hydrogen-bond acceptors (Lipinski definition) is 13. The number of nitrogens with zero attached hydrogens (tertiary/aromatic N) is 5. The predicted octanol–water partition coefficient (Wildman–Crippen LogP) is 17.9. The summed E-state index contributed by atoms with van der Waals surface area (Å²) in [5, 5.41) is 3.57. The first-order valence-electron chi connectivity index (χ1n) is 37.1. The van der Waals surface area contributed by atoms with Crippen LogP contribution >= 0.6 is 31.9 Å². The fourth-order valence-corrected chi connectivity index (χ4v) is 15.1. The molecule has 5 saturated heterocycles. The number of piperidine rings is 4. The van der Waals surface area contributed by atoms with E-state index in [0.29, 0.717) is 30.6 Å². The standard InChI is InChI=1S/C24H36N2O2.C19H30BNO2.C13H18BrN.C12H16BrN.C12H18F3NO5S/c1-18-12-13-22(26(17-18)23(27)28-24(2,3)4)20-10-8-9-19(15-20)16-21-11-6-7-14-25(21)5;1-18(2)19(3,4)23-20(22-18)16-10-8-9-15(13-16)14-17-11-6-7-12-21(17)5;1-15-8-3-2-7-13(15)10-11-5-4-6-12(14)9-11;13-11-5-3-4-10(8-11)9-12-6-1-2-7-14-12;1-8-5-6-9(21-22(18,19)12(13,14)15)16(7-8)10(17)20-11(2,3)4/h8-10,13,15,18,21H,6-7,11-12,14,16-17H2,1-5H3;8-10,13,17H,6-7,11-12,14H2,1-5H3;4-6,9,13H,2-3,7-8,10H2,1H3;3-5,8,12,14H,1-2,6-7,9H2;6,8H,5,7H2,1-4H3/t18-,21?;;;;8-/m0...0/s1. The van der Waals surface area contributed by atoms with E-state index in [1.807, 2.05) is 25.7 Å². The number of carbonyl (C=O) groups is 2. The van der Waals surface area contributed by atoms with Crippen molar-refractivity contribution in [1.82, 2.24) is 29.8 Å². The smallest absolute Gasteiger partial charge is 0.443 e. The van der Waals surface area contributed by atoms with Crippen molar-refractivity contribution in [2.75, 3.05) is 60.4 Å². The second-order valence-electron chi connectivity index (χ2n) is 32.1. The van der Waals surface area contributed by atoms with E-state index >= 15 is 0 Å². The molecule has 4 aromatic carbocycles. The van der Waals surface area contributed by atoms with Gasteiger partial charge in [-0.25, -0.2) is 14.5 Å². The van der Waals surface area contributed by atoms with Crippen molar-refractivity contribution in [3.63, 3.8) is 0 Å². The predicted molar refractivity (Wildman–Crippen MR) is 414 cm³/mol. The number of rotatable bonds is 12. The lowest BCUT2D eigenvalue weighted by Gasteiger charge is -2.34. The molecule has 15 nitrogen and oxygen atoms in total. The van der Waals surface area contributed by atoms with E-state index in [0.717, 1.165) is 53.0 Å². The number of halogens is 5. The lowest BCUT2D eigenvalue weighted by Crippen LogP contribution is -2.42. The molecule has 0 aliphatic carbocycles. The molecule has 0 saturated carbocycles. The molecule has 5 fully saturated rings. The molecule has 102 heavy (non-hydrogen) atoms. The second-order valence-corrected chi connectivity index (χ2v) is 35.5. The summed E-state index contributed by atoms with van der Waals surface area (Å²) in [5.74, 6) is -0.325. The highest BCUT2D eigenvalue weighted by molar-refractivity contribution is 9.10. The van der Waals surface area contributed by atoms with E-state index < -0.39 is 38.8 Å². The van der Waals surface area contributed by atoms with Gasteiger partial charge in [-0.2, -0.15) is 21.6 Å². The molecule has 22 heteroatoms. The molecule has 11 rings (SSSR count). The Labute approximate surface area is 627 Å². The van der Waals surface area contributed by atoms with E-state index in [1.165, 1.54) is 147 Å². The summed E-state index contributed by atoms with van der Waals surface area (Å²) < 4.78 is 88.9. The maximum absolute atomic E-state index is 12.8. The summed E-state index contributed by atoms with van der Waals surface area (Å²) in [6.07, 6.45) is 24.0. The number of ether oxygens (including phenoxy) is 2. The van der Waals surface area contributed by atoms with Crippen molar-refractivity contribution in [2.45, 2.75) is 251 Å². The summed E-state index contributed by atoms with van der Waals surface area (Å²) in [7, 11) is 0.640. The van der Waals surface area contributed by atoms with Crippen molar-refractivity contribution in [2.24, 2.45) is 11.8 Å². The van der Waals surface area contributed by atoms with Crippen LogP contribution in [-0.4, -0.2) is 165 Å². The van der Waals surface area contributed by atoms with Crippen LogP contribution in [0, 0.1) is 11.8 Å². The summed E-state index contributed by atoms with van der Waals surface area (Å²) in [5.41, 5.74) is 1.35. The number of likely N-dealkylation sites (tertiary alicyclic amines) is 3. The SMILES string of the molecule is Brc1cccc(CC2CCCCN2)c1.CN1CCCCC1Cc1cccc(B2OC(C)(C)C(C)(C)O2)c1.CN1CCCCC1Cc1cccc(Br)c1.C[C@H]1CC=C(OS(=O)(=O)C(F)(F)F)N(C(=O)OC(C)(C)C)C1.C[C@H]1CC=C(c2cccc(CC3CCCCN3C)c2)N(C(=O)OC(C)(C)C)C1. The van der Waals surface area contributed by atoms with E-state index in [9.17, 15) is 31.2 Å². The normalized spacial score (nSPS) is 23.6. The Balaban J connectivity index is 0.000000182. The minimum Gasteiger partial charge on any atom is -0.443 e. The van der Waals surface area contributed by atoms with E-state index in [-0.39, 0.29) is 43.3 Å². The number of likely N-dealkylation sites (N-methyl/N-ethyl adjacent to an activating group) is 3. The Morgan fingerprint density at radius 2 is 0.990 bits per heavy atom. The van der Waals surface area contributed by atoms with Crippen LogP contribution in [-0.2, 0) is 58.8 Å². The molecule has 0 aromatic heterocycles. The van der Waals surface area contributed by atoms with Gasteiger partial charge in [-0.05, 0) is 288 Å². The van der Waals surface area contributed by atoms with Crippen molar-refractivity contribution in [3.8, 4) is 0 Å². The largest absolute Gasteiger partial charge is 0.534 e. The topological polar surface area (TPSA) is 143 Å². The number of hydrogen-bond donors (Lipinski definition) is 1. The Morgan fingerprint density at radius 1 is 0.569 bits per heavy atom. The number of amides is 2. The van der Waals surface area contributed by atoms with Gasteiger partial charge in [0.25, 0.3) is 0 Å². The molecule has 4 unspecified atom stereocenters. The molecule has 7 aliphatic heterocycles. The molecule has 0 spiro atoms. The number of carbonyl (C=O) groups excluding carboxylic acids is 2. The third kappa shape index (κ3) is 26.9. The molecule has 0 radical (unpaired) electrons. The third-order valence-electron chi connectivity index (χ3n) is 20.2. The third-order valence-corrected chi connectivity index (χ3v) is 22.2. The van der Waals surface area contributed by atoms with Crippen LogP contribution in [0.5, 0.6) is 0 Å². The quantitative estimate of drug-likeness (QED) is 0.0817. The van der Waals surface area contributed by atoms with Gasteiger partial charge in [0.05, 0.1) is 16.9 Å². The van der Waals surface area contributed by atoms with Gasteiger partial charge in [-0.1, -0.05) is 144 Å². The highest BCUT2D eigenvalue weighted by atomic mass is 79.9. The van der Waals surface area contributed by atoms with Crippen LogP contribution in [0.4, 0.5) is 22.8 Å². The maximum Gasteiger partial charge on any atom is 0.534 e. The Kier molecular flexibility index (Phi) is 31.6. The minimum absolute atomic E-state index is 0.00583. The first-order valence-corrected chi connectivity index (χ1v) is 40.1. The van der Waals surface area contributed by atoms with Crippen molar-refractivity contribution in [1.29, 1.82) is 0 Å². The van der Waals surface area contributed by atoms with Gasteiger partial charge in [0.2, 0.25) is 5.88 Å². The van der Waals surface area contributed by atoms with Crippen molar-refractivity contribution < 1.29 is 54.1 Å². The molecular formula is C80H118BBr2F3N6O9S. The Hall–Kier alpha value is -4.78. The summed E-state index contributed by atoms with van der Waals surface area (Å²) >= 11 is 7.04. The van der Waals surface area contributed by atoms with Gasteiger partial charge in [0, 0.05) is 46.2 Å². The van der Waals surface area contributed by atoms with Crippen molar-refractivity contribution in [3.05, 3.63) is 152 Å². The molecule has 2 amide bonds. The van der Waals surface area contributed by atoms with Gasteiger partial charge in [0.15, 0.2) is 0 Å². The summed E-state index contributed by atoms with van der Waals surface area (Å²) in [4.78, 5) is 34.9. The number of benzene rings is 4. The van der Waals surface area contributed by atoms with Gasteiger partial charge in [-0.15, -0.1) is 0 Å². The number of nitrogens with one attached hydrogen (secondary N) is 1. The zero-order valence-corrected chi connectivity index (χ0v) is 67.6. The van der Waals surface area contributed by atoms with Crippen LogP contribution in [0.15, 0.2) is 124 Å². The van der Waals surface area contributed by atoms with E-state index in [2.05, 4.69) is 215 Å². The molecule has 7 aliphatic rings. The summed E-state index contributed by atoms with van der Waals surface area (Å²) in [6.45, 7) is 28.4. The fraction of sp³-hybridized carbons (Fsp3) is 0.625. The van der Waals surface area contributed by atoms with Gasteiger partial charge in [0.1, 0.15) is 11.2 Å². The first-order chi connectivity index (χ1) is 47.8. The monoisotopic (exact) mass is 1560 g/mol. The van der Waals surface area contributed by atoms with Crippen molar-refractivity contribution >= 4 is 72.4 Å². The van der Waals surface area contributed by atoms with Crippen LogP contribution in [0.1, 0.15) is 201 Å². The zero-order chi connectivity index (χ0) is 74.8. The van der Waals surface area contributed by atoms with Gasteiger partial charge >= 0.3 is 34.9 Å². The van der Waals surface area contributed by atoms with E-state index in [1.54, 1.807) is 27.7 Å². The summed E-state index contributed by atoms with van der Waals surface area (Å²) in [6, 6.07) is 37.5. The molecule has 7 heterocycles. The number of allylic oxidation sites excluding steroid dienone is 2. The molecular weight excluding hydrogens is 1450 g/mol. The van der Waals surface area contributed by atoms with Gasteiger partial charge < -0.3 is 43.0 Å². The molecule has 6 atom stereocenters. The highest BCUT2D eigenvalue weighted by Gasteiger charge is 2.52. The van der Waals surface area contributed by atoms with Crippen LogP contribution in [0.25, 0.3) is 5.70 Å². The van der Waals surface area contributed by atoms with Crippen LogP contribution in [0.3, 0.4) is 0 Å². The second kappa shape index (κ2) is 38.2. The highest BCUT2D eigenvalue weighted by Crippen LogP contribution is 2.38. The fourth-order valence-electron chi connectivity index (χ4n) is 13.7. The lowest BCUT2D eigenvalue weighted by atomic mass is 9.78. The number of alkyl halides is 3. The molecule has 1 N–H and O–H groups in total. The first kappa shape index (κ1) is 84.5. The lowest BCUT2D eigenvalue weighted by molar-refractivity contribution is -0.0546. The Morgan fingerprint density at radius 3 is 1.44 bits per heavy atom. The minimum atomic E-state index is -5.84. The Bertz CT molecular complexity index is 3490. The van der Waals surface area contributed by atoms with E-state index in [4.69, 9.17) is 18.8 Å². The molecule has 4 aromatic rings.